The van der Waals surface area contributed by atoms with Gasteiger partial charge in [0.1, 0.15) is 0 Å². The second-order valence-electron chi connectivity index (χ2n) is 4.20. The highest BCUT2D eigenvalue weighted by atomic mass is 35.5. The van der Waals surface area contributed by atoms with E-state index >= 15 is 0 Å². The summed E-state index contributed by atoms with van der Waals surface area (Å²) >= 11 is 7.59. The quantitative estimate of drug-likeness (QED) is 0.462. The molecule has 0 saturated heterocycles. The first-order valence-electron chi connectivity index (χ1n) is 5.97. The number of nitrogens with zero attached hydrogens (tertiary/aromatic N) is 2. The van der Waals surface area contributed by atoms with Gasteiger partial charge in [0.15, 0.2) is 0 Å². The molecular weight excluding hydrogens is 300 g/mol. The predicted molar refractivity (Wildman–Crippen MR) is 78.3 cm³/mol. The molecule has 7 heteroatoms. The van der Waals surface area contributed by atoms with E-state index in [1.54, 1.807) is 11.3 Å². The Morgan fingerprint density at radius 1 is 1.50 bits per heavy atom. The zero-order chi connectivity index (χ0) is 14.5. The molecule has 5 nitrogen and oxygen atoms in total. The van der Waals surface area contributed by atoms with Crippen LogP contribution >= 0.6 is 22.9 Å². The molecular formula is C13H13ClN2O3S. The zero-order valence-corrected chi connectivity index (χ0v) is 12.4. The molecule has 106 valence electrons. The third-order valence-corrected chi connectivity index (χ3v) is 4.18. The van der Waals surface area contributed by atoms with Crippen LogP contribution in [0.3, 0.4) is 0 Å². The molecule has 0 saturated carbocycles. The summed E-state index contributed by atoms with van der Waals surface area (Å²) in [6, 6.07) is 4.35. The number of hydrogen-bond donors (Lipinski definition) is 0. The van der Waals surface area contributed by atoms with Crippen molar-refractivity contribution in [1.29, 1.82) is 0 Å². The molecule has 0 unspecified atom stereocenters. The number of hydrogen-bond acceptors (Lipinski definition) is 5. The highest BCUT2D eigenvalue weighted by molar-refractivity contribution is 7.09. The fraction of sp³-hybridized carbons (Fsp3) is 0.308. The fourth-order valence-corrected chi connectivity index (χ4v) is 2.63. The van der Waals surface area contributed by atoms with Gasteiger partial charge in [0.2, 0.25) is 0 Å². The number of nitro groups is 1. The Kier molecular flexibility index (Phi) is 5.05. The Balaban J connectivity index is 1.89. The molecule has 0 aliphatic rings. The largest absolute Gasteiger partial charge is 0.376 e. The average Bonchev–Trinajstić information content (AvgIpc) is 2.82. The van der Waals surface area contributed by atoms with E-state index in [2.05, 4.69) is 4.98 Å². The van der Waals surface area contributed by atoms with Crippen molar-refractivity contribution >= 4 is 28.6 Å². The standard InChI is InChI=1S/C13H13ClN2O3S/c1-9-13(20-8-15-9)4-5-19-7-10-6-11(16(17)18)2-3-12(10)14/h2-3,6,8H,4-5,7H2,1H3. The first-order chi connectivity index (χ1) is 9.58. The van der Waals surface area contributed by atoms with E-state index in [4.69, 9.17) is 16.3 Å². The van der Waals surface area contributed by atoms with Crippen molar-refractivity contribution in [1.82, 2.24) is 4.98 Å². The van der Waals surface area contributed by atoms with E-state index in [0.29, 0.717) is 17.2 Å². The SMILES string of the molecule is Cc1ncsc1CCOCc1cc([N+](=O)[O-])ccc1Cl. The van der Waals surface area contributed by atoms with E-state index in [1.807, 2.05) is 12.4 Å². The summed E-state index contributed by atoms with van der Waals surface area (Å²) in [5.41, 5.74) is 3.47. The molecule has 1 aromatic carbocycles. The molecule has 0 radical (unpaired) electrons. The van der Waals surface area contributed by atoms with Crippen molar-refractivity contribution in [2.75, 3.05) is 6.61 Å². The van der Waals surface area contributed by atoms with E-state index in [-0.39, 0.29) is 12.3 Å². The van der Waals surface area contributed by atoms with Crippen LogP contribution in [0.25, 0.3) is 0 Å². The summed E-state index contributed by atoms with van der Waals surface area (Å²) in [5, 5.41) is 11.2. The van der Waals surface area contributed by atoms with Crippen LogP contribution in [-0.4, -0.2) is 16.5 Å². The van der Waals surface area contributed by atoms with Crippen LogP contribution in [0.4, 0.5) is 5.69 Å². The minimum Gasteiger partial charge on any atom is -0.376 e. The Bertz CT molecular complexity index is 615. The third-order valence-electron chi connectivity index (χ3n) is 2.82. The van der Waals surface area contributed by atoms with Crippen molar-refractivity contribution < 1.29 is 9.66 Å². The van der Waals surface area contributed by atoms with Gasteiger partial charge in [-0.05, 0) is 13.0 Å². The van der Waals surface area contributed by atoms with E-state index in [1.165, 1.54) is 23.1 Å². The Hall–Kier alpha value is -1.50. The van der Waals surface area contributed by atoms with Crippen LogP contribution in [0, 0.1) is 17.0 Å². The monoisotopic (exact) mass is 312 g/mol. The number of nitro benzene ring substituents is 1. The second-order valence-corrected chi connectivity index (χ2v) is 5.54. The zero-order valence-electron chi connectivity index (χ0n) is 10.8. The lowest BCUT2D eigenvalue weighted by Gasteiger charge is -2.06. The van der Waals surface area contributed by atoms with E-state index in [0.717, 1.165) is 12.1 Å². The minimum absolute atomic E-state index is 0.0197. The van der Waals surface area contributed by atoms with Gasteiger partial charge in [0.05, 0.1) is 29.3 Å². The maximum absolute atomic E-state index is 10.7. The highest BCUT2D eigenvalue weighted by Gasteiger charge is 2.10. The molecule has 0 aliphatic heterocycles. The van der Waals surface area contributed by atoms with Gasteiger partial charge in [-0.25, -0.2) is 4.98 Å². The summed E-state index contributed by atoms with van der Waals surface area (Å²) in [6.45, 7) is 2.75. The van der Waals surface area contributed by atoms with Crippen LogP contribution < -0.4 is 0 Å². The average molecular weight is 313 g/mol. The van der Waals surface area contributed by atoms with E-state index < -0.39 is 4.92 Å². The van der Waals surface area contributed by atoms with Crippen LogP contribution in [-0.2, 0) is 17.8 Å². The summed E-state index contributed by atoms with van der Waals surface area (Å²) in [6.07, 6.45) is 0.781. The lowest BCUT2D eigenvalue weighted by atomic mass is 10.2. The van der Waals surface area contributed by atoms with Gasteiger partial charge in [0, 0.05) is 34.0 Å². The first kappa shape index (κ1) is 14.9. The molecule has 2 aromatic rings. The van der Waals surface area contributed by atoms with Gasteiger partial charge >= 0.3 is 0 Å². The molecule has 0 fully saturated rings. The molecule has 0 aliphatic carbocycles. The second kappa shape index (κ2) is 6.78. The van der Waals surface area contributed by atoms with Gasteiger partial charge in [-0.15, -0.1) is 11.3 Å². The van der Waals surface area contributed by atoms with Crippen LogP contribution in [0.2, 0.25) is 5.02 Å². The molecule has 20 heavy (non-hydrogen) atoms. The molecule has 0 atom stereocenters. The number of thiazole rings is 1. The molecule has 0 spiro atoms. The van der Waals surface area contributed by atoms with Crippen LogP contribution in [0.1, 0.15) is 16.1 Å². The minimum atomic E-state index is -0.444. The third kappa shape index (κ3) is 3.75. The van der Waals surface area contributed by atoms with Gasteiger partial charge in [-0.3, -0.25) is 10.1 Å². The van der Waals surface area contributed by atoms with Crippen molar-refractivity contribution in [3.8, 4) is 0 Å². The number of non-ortho nitro benzene ring substituents is 1. The number of aromatic nitrogens is 1. The van der Waals surface area contributed by atoms with E-state index in [9.17, 15) is 10.1 Å². The van der Waals surface area contributed by atoms with Gasteiger partial charge in [0.25, 0.3) is 5.69 Å². The normalized spacial score (nSPS) is 10.7. The maximum Gasteiger partial charge on any atom is 0.269 e. The highest BCUT2D eigenvalue weighted by Crippen LogP contribution is 2.23. The maximum atomic E-state index is 10.7. The smallest absolute Gasteiger partial charge is 0.269 e. The number of rotatable bonds is 6. The fourth-order valence-electron chi connectivity index (χ4n) is 1.70. The molecule has 0 bridgehead atoms. The van der Waals surface area contributed by atoms with Crippen LogP contribution in [0.15, 0.2) is 23.7 Å². The number of ether oxygens (including phenoxy) is 1. The summed E-state index contributed by atoms with van der Waals surface area (Å²) in [4.78, 5) is 15.6. The van der Waals surface area contributed by atoms with Gasteiger partial charge < -0.3 is 4.74 Å². The number of halogens is 1. The number of benzene rings is 1. The Morgan fingerprint density at radius 2 is 2.30 bits per heavy atom. The summed E-state index contributed by atoms with van der Waals surface area (Å²) < 4.78 is 5.54. The lowest BCUT2D eigenvalue weighted by molar-refractivity contribution is -0.384. The van der Waals surface area contributed by atoms with Gasteiger partial charge in [-0.1, -0.05) is 11.6 Å². The first-order valence-corrected chi connectivity index (χ1v) is 7.23. The number of aryl methyl sites for hydroxylation is 1. The van der Waals surface area contributed by atoms with Crippen molar-refractivity contribution in [3.05, 3.63) is 55.0 Å². The topological polar surface area (TPSA) is 65.3 Å². The molecule has 2 rings (SSSR count). The van der Waals surface area contributed by atoms with Crippen molar-refractivity contribution in [2.24, 2.45) is 0 Å². The Morgan fingerprint density at radius 3 is 2.95 bits per heavy atom. The molecule has 1 heterocycles. The molecule has 0 amide bonds. The molecule has 1 aromatic heterocycles. The van der Waals surface area contributed by atoms with Crippen LogP contribution in [0.5, 0.6) is 0 Å². The summed E-state index contributed by atoms with van der Waals surface area (Å²) in [5.74, 6) is 0. The predicted octanol–water partition coefficient (Wildman–Crippen LogP) is 3.77. The van der Waals surface area contributed by atoms with Crippen molar-refractivity contribution in [3.63, 3.8) is 0 Å². The summed E-state index contributed by atoms with van der Waals surface area (Å²) in [7, 11) is 0. The Labute approximate surface area is 125 Å². The van der Waals surface area contributed by atoms with Gasteiger partial charge in [-0.2, -0.15) is 0 Å². The van der Waals surface area contributed by atoms with Crippen molar-refractivity contribution in [2.45, 2.75) is 20.0 Å². The molecule has 0 N–H and O–H groups in total. The lowest BCUT2D eigenvalue weighted by Crippen LogP contribution is -2.00.